The molecule has 0 aliphatic carbocycles. The topological polar surface area (TPSA) is 59.0 Å². The van der Waals surface area contributed by atoms with Crippen molar-refractivity contribution in [3.05, 3.63) is 120 Å². The minimum atomic E-state index is -0.568. The second-order valence-electron chi connectivity index (χ2n) is 8.28. The number of carbonyl (C=O) groups excluding carboxylic acids is 1. The van der Waals surface area contributed by atoms with Gasteiger partial charge in [0.05, 0.1) is 0 Å². The summed E-state index contributed by atoms with van der Waals surface area (Å²) in [7, 11) is -0.568. The third-order valence-electron chi connectivity index (χ3n) is 5.63. The molecule has 0 aliphatic rings. The molecule has 0 spiro atoms. The summed E-state index contributed by atoms with van der Waals surface area (Å²) < 4.78 is 1.86. The second-order valence-corrected chi connectivity index (χ2v) is 9.68. The monoisotopic (exact) mass is 487 g/mol. The van der Waals surface area contributed by atoms with E-state index in [2.05, 4.69) is 34.9 Å². The molecule has 0 saturated heterocycles. The van der Waals surface area contributed by atoms with Crippen LogP contribution in [-0.4, -0.2) is 28.1 Å². The molecule has 1 aromatic heterocycles. The van der Waals surface area contributed by atoms with Crippen molar-refractivity contribution in [2.75, 3.05) is 16.9 Å². The van der Waals surface area contributed by atoms with Gasteiger partial charge in [-0.1, -0.05) is 18.2 Å². The molecular weight excluding hydrogens is 463 g/mol. The number of carbonyl (C=O) groups is 1. The van der Waals surface area contributed by atoms with Gasteiger partial charge in [-0.3, -0.25) is 0 Å². The maximum atomic E-state index is 12.5. The van der Waals surface area contributed by atoms with Crippen LogP contribution < -0.4 is 10.6 Å². The van der Waals surface area contributed by atoms with Gasteiger partial charge in [0.2, 0.25) is 0 Å². The molecule has 0 aliphatic heterocycles. The van der Waals surface area contributed by atoms with Crippen LogP contribution in [0, 0.1) is 0 Å². The van der Waals surface area contributed by atoms with Crippen molar-refractivity contribution in [3.63, 3.8) is 0 Å². The fourth-order valence-corrected chi connectivity index (χ4v) is 4.58. The van der Waals surface area contributed by atoms with Crippen LogP contribution >= 0.6 is 10.5 Å². The number of rotatable bonds is 7. The van der Waals surface area contributed by atoms with E-state index in [0.717, 1.165) is 33.5 Å². The summed E-state index contributed by atoms with van der Waals surface area (Å²) in [4.78, 5) is 12.5. The van der Waals surface area contributed by atoms with Crippen molar-refractivity contribution in [3.8, 4) is 0 Å². The summed E-state index contributed by atoms with van der Waals surface area (Å²) in [6.07, 6.45) is 6.01. The molecule has 0 fully saturated rings. The fraction of sp³-hybridized carbons (Fsp3) is 0.0345. The maximum absolute atomic E-state index is 12.5. The van der Waals surface area contributed by atoms with E-state index in [1.54, 1.807) is 12.1 Å². The van der Waals surface area contributed by atoms with E-state index in [4.69, 9.17) is 11.8 Å². The first-order valence-corrected chi connectivity index (χ1v) is 13.1. The van der Waals surface area contributed by atoms with Gasteiger partial charge >= 0.3 is 184 Å². The summed E-state index contributed by atoms with van der Waals surface area (Å²) in [5, 5.41) is 12.2. The first-order valence-electron chi connectivity index (χ1n) is 11.5. The van der Waals surface area contributed by atoms with Crippen LogP contribution in [0.15, 0.2) is 103 Å². The first-order chi connectivity index (χ1) is 17.6. The van der Waals surface area contributed by atoms with Gasteiger partial charge in [0.15, 0.2) is 0 Å². The molecular formula is C29H24BN4OS. The summed E-state index contributed by atoms with van der Waals surface area (Å²) in [5.74, 6) is -0.146. The molecule has 4 aromatic carbocycles. The van der Waals surface area contributed by atoms with Gasteiger partial charge in [0, 0.05) is 0 Å². The van der Waals surface area contributed by atoms with Gasteiger partial charge in [-0.05, 0) is 12.1 Å². The fourth-order valence-electron chi connectivity index (χ4n) is 3.91. The Kier molecular flexibility index (Phi) is 6.91. The van der Waals surface area contributed by atoms with Crippen molar-refractivity contribution in [1.82, 2.24) is 9.19 Å². The molecule has 1 radical (unpaired) electrons. The second kappa shape index (κ2) is 10.6. The zero-order valence-corrected chi connectivity index (χ0v) is 20.6. The Morgan fingerprint density at radius 1 is 0.833 bits per heavy atom. The number of nitrogens with one attached hydrogen (secondary N) is 2. The molecule has 175 valence electrons. The number of aromatic nitrogens is 2. The third kappa shape index (κ3) is 5.37. The van der Waals surface area contributed by atoms with Crippen LogP contribution in [0.1, 0.15) is 21.6 Å². The molecule has 1 amide bonds. The minimum absolute atomic E-state index is 0.146. The van der Waals surface area contributed by atoms with E-state index in [-0.39, 0.29) is 5.91 Å². The Balaban J connectivity index is 1.40. The van der Waals surface area contributed by atoms with E-state index >= 15 is 0 Å². The predicted molar refractivity (Wildman–Crippen MR) is 154 cm³/mol. The number of fused-ring (bicyclic) bond motifs is 1. The van der Waals surface area contributed by atoms with Crippen LogP contribution in [0.5, 0.6) is 0 Å². The van der Waals surface area contributed by atoms with Gasteiger partial charge in [-0.2, -0.15) is 0 Å². The summed E-state index contributed by atoms with van der Waals surface area (Å²) in [6.45, 7) is 6.26. The first kappa shape index (κ1) is 23.5. The van der Waals surface area contributed by atoms with Gasteiger partial charge in [-0.15, -0.1) is 0 Å². The number of hydrogen-bond donors (Lipinski definition) is 2. The van der Waals surface area contributed by atoms with Crippen LogP contribution in [-0.2, 0) is 0 Å². The van der Waals surface area contributed by atoms with Crippen molar-refractivity contribution in [1.29, 1.82) is 0 Å². The Morgan fingerprint density at radius 3 is 2.28 bits per heavy atom. The molecule has 5 nitrogen and oxygen atoms in total. The van der Waals surface area contributed by atoms with E-state index < -0.39 is 10.5 Å². The number of amides is 1. The number of hydrogen-bond acceptors (Lipinski definition) is 3. The Labute approximate surface area is 213 Å². The average Bonchev–Trinajstić information content (AvgIpc) is 3.27. The van der Waals surface area contributed by atoms with Crippen molar-refractivity contribution in [2.45, 2.75) is 0 Å². The van der Waals surface area contributed by atoms with Crippen LogP contribution in [0.3, 0.4) is 0 Å². The molecule has 0 bridgehead atoms. The Bertz CT molecular complexity index is 1580. The van der Waals surface area contributed by atoms with Gasteiger partial charge < -0.3 is 0 Å². The molecule has 1 unspecified atom stereocenters. The van der Waals surface area contributed by atoms with Gasteiger partial charge in [0.1, 0.15) is 0 Å². The number of benzene rings is 4. The van der Waals surface area contributed by atoms with Crippen molar-refractivity contribution in [2.24, 2.45) is 0 Å². The van der Waals surface area contributed by atoms with Crippen LogP contribution in [0.2, 0.25) is 0 Å². The normalized spacial score (nSPS) is 12.0. The Hall–Kier alpha value is -4.23. The number of anilines is 3. The predicted octanol–water partition coefficient (Wildman–Crippen LogP) is 6.95. The molecule has 0 saturated carbocycles. The van der Waals surface area contributed by atoms with E-state index in [9.17, 15) is 4.79 Å². The van der Waals surface area contributed by atoms with Crippen molar-refractivity contribution < 1.29 is 4.79 Å². The molecule has 36 heavy (non-hydrogen) atoms. The molecule has 7 heteroatoms. The van der Waals surface area contributed by atoms with Crippen LogP contribution in [0.25, 0.3) is 23.1 Å². The van der Waals surface area contributed by atoms with E-state index in [0.29, 0.717) is 11.3 Å². The summed E-state index contributed by atoms with van der Waals surface area (Å²) >= 11 is 0. The zero-order chi connectivity index (χ0) is 24.9. The molecule has 5 aromatic rings. The van der Waals surface area contributed by atoms with E-state index in [1.807, 2.05) is 89.2 Å². The molecule has 2 N–H and O–H groups in total. The molecule has 5 rings (SSSR count). The van der Waals surface area contributed by atoms with Crippen LogP contribution in [0.4, 0.5) is 17.1 Å². The SMILES string of the molecule is [B]=S(C)n1nc(/C=C/c2ccccc2)c2ccc(Nc3cccc(NC(=O)c4ccccc4)c3)cc21. The quantitative estimate of drug-likeness (QED) is 0.244. The summed E-state index contributed by atoms with van der Waals surface area (Å²) in [6, 6.07) is 33.1. The average molecular weight is 487 g/mol. The van der Waals surface area contributed by atoms with E-state index in [1.165, 1.54) is 0 Å². The Morgan fingerprint density at radius 2 is 1.53 bits per heavy atom. The van der Waals surface area contributed by atoms with Gasteiger partial charge in [-0.25, -0.2) is 0 Å². The molecule has 1 atom stereocenters. The standard InChI is InChI=1S/C29H24BN4OS/c1-36(30)34-28-20-25(16-17-26(28)27(33-34)18-15-21-9-4-2-5-10-21)31-23-13-8-14-24(19-23)32-29(35)22-11-6-3-7-12-22/h2-20,31H,1H3,(H,32,35)/b18-15+. The van der Waals surface area contributed by atoms with Gasteiger partial charge in [0.25, 0.3) is 0 Å². The number of nitrogens with zero attached hydrogens (tertiary/aromatic N) is 2. The summed E-state index contributed by atoms with van der Waals surface area (Å²) in [5.41, 5.74) is 6.03. The zero-order valence-electron chi connectivity index (χ0n) is 19.8. The molecule has 1 heterocycles. The van der Waals surface area contributed by atoms with Crippen molar-refractivity contribution >= 4 is 63.3 Å². The third-order valence-corrected chi connectivity index (χ3v) is 6.45.